The van der Waals surface area contributed by atoms with Crippen LogP contribution in [0.2, 0.25) is 0 Å². The monoisotopic (exact) mass is 252 g/mol. The molecule has 7 nitrogen and oxygen atoms in total. The smallest absolute Gasteiger partial charge is 0.251 e. The highest BCUT2D eigenvalue weighted by atomic mass is 16.2. The lowest BCUT2D eigenvalue weighted by atomic mass is 10.3. The largest absolute Gasteiger partial charge is 0.398 e. The van der Waals surface area contributed by atoms with E-state index in [2.05, 4.69) is 5.32 Å². The first-order chi connectivity index (χ1) is 8.49. The molecule has 0 aliphatic carbocycles. The molecule has 0 unspecified atom stereocenters. The molecule has 18 heavy (non-hydrogen) atoms. The molecule has 0 bridgehead atoms. The van der Waals surface area contributed by atoms with E-state index in [-0.39, 0.29) is 24.4 Å². The molecule has 1 aromatic rings. The molecule has 1 rings (SSSR count). The van der Waals surface area contributed by atoms with E-state index in [0.29, 0.717) is 18.7 Å². The van der Waals surface area contributed by atoms with Crippen molar-refractivity contribution < 1.29 is 9.59 Å². The second-order valence-corrected chi connectivity index (χ2v) is 3.85. The van der Waals surface area contributed by atoms with Gasteiger partial charge in [0.15, 0.2) is 0 Å². The lowest BCUT2D eigenvalue weighted by Gasteiger charge is -2.07. The molecular weight excluding hydrogens is 236 g/mol. The van der Waals surface area contributed by atoms with Crippen molar-refractivity contribution in [2.45, 2.75) is 19.4 Å². The van der Waals surface area contributed by atoms with E-state index in [1.165, 1.54) is 22.9 Å². The number of pyridine rings is 1. The molecular formula is C11H16N4O3. The molecule has 0 aliphatic heterocycles. The number of hydrogen-bond donors (Lipinski definition) is 3. The molecule has 7 heteroatoms. The van der Waals surface area contributed by atoms with E-state index >= 15 is 0 Å². The van der Waals surface area contributed by atoms with E-state index in [1.807, 2.05) is 0 Å². The number of nitrogen functional groups attached to an aromatic ring is 1. The summed E-state index contributed by atoms with van der Waals surface area (Å²) in [5.41, 5.74) is 10.6. The number of aromatic nitrogens is 1. The molecule has 0 fully saturated rings. The topological polar surface area (TPSA) is 120 Å². The number of anilines is 1. The molecule has 0 radical (unpaired) electrons. The van der Waals surface area contributed by atoms with E-state index < -0.39 is 5.91 Å². The summed E-state index contributed by atoms with van der Waals surface area (Å²) in [4.78, 5) is 33.4. The highest BCUT2D eigenvalue weighted by molar-refractivity contribution is 5.76. The summed E-state index contributed by atoms with van der Waals surface area (Å²) < 4.78 is 1.22. The van der Waals surface area contributed by atoms with Crippen LogP contribution >= 0.6 is 0 Å². The van der Waals surface area contributed by atoms with Gasteiger partial charge in [0.1, 0.15) is 6.54 Å². The van der Waals surface area contributed by atoms with Gasteiger partial charge in [-0.05, 0) is 12.5 Å². The van der Waals surface area contributed by atoms with Gasteiger partial charge in [0.05, 0.1) is 0 Å². The molecule has 0 aliphatic rings. The first-order valence-corrected chi connectivity index (χ1v) is 5.50. The number of nitrogens with zero attached hydrogens (tertiary/aromatic N) is 1. The van der Waals surface area contributed by atoms with Crippen LogP contribution in [0.3, 0.4) is 0 Å². The van der Waals surface area contributed by atoms with Gasteiger partial charge in [0, 0.05) is 30.9 Å². The number of carbonyl (C=O) groups excluding carboxylic acids is 2. The highest BCUT2D eigenvalue weighted by Gasteiger charge is 2.04. The van der Waals surface area contributed by atoms with E-state index in [1.54, 1.807) is 0 Å². The van der Waals surface area contributed by atoms with Gasteiger partial charge in [0.25, 0.3) is 5.56 Å². The first kappa shape index (κ1) is 13.8. The van der Waals surface area contributed by atoms with Crippen LogP contribution in [0.15, 0.2) is 23.1 Å². The van der Waals surface area contributed by atoms with Gasteiger partial charge in [-0.2, -0.15) is 0 Å². The molecule has 0 saturated carbocycles. The number of amides is 2. The van der Waals surface area contributed by atoms with Crippen molar-refractivity contribution in [3.8, 4) is 0 Å². The third-order valence-electron chi connectivity index (χ3n) is 2.24. The fraction of sp³-hybridized carbons (Fsp3) is 0.364. The van der Waals surface area contributed by atoms with Crippen LogP contribution < -0.4 is 22.3 Å². The average molecular weight is 252 g/mol. The van der Waals surface area contributed by atoms with Crippen molar-refractivity contribution in [3.63, 3.8) is 0 Å². The van der Waals surface area contributed by atoms with E-state index in [4.69, 9.17) is 11.5 Å². The summed E-state index contributed by atoms with van der Waals surface area (Å²) in [6.45, 7) is 0.249. The first-order valence-electron chi connectivity index (χ1n) is 5.50. The molecule has 98 valence electrons. The summed E-state index contributed by atoms with van der Waals surface area (Å²) in [6, 6.07) is 2.78. The maximum atomic E-state index is 11.5. The van der Waals surface area contributed by atoms with Gasteiger partial charge in [-0.15, -0.1) is 0 Å². The predicted octanol–water partition coefficient (Wildman–Crippen LogP) is -1.19. The summed E-state index contributed by atoms with van der Waals surface area (Å²) in [5.74, 6) is -0.719. The minimum Gasteiger partial charge on any atom is -0.398 e. The Kier molecular flexibility index (Phi) is 4.91. The van der Waals surface area contributed by atoms with Crippen molar-refractivity contribution in [3.05, 3.63) is 28.7 Å². The zero-order valence-corrected chi connectivity index (χ0v) is 9.89. The second-order valence-electron chi connectivity index (χ2n) is 3.85. The van der Waals surface area contributed by atoms with Crippen LogP contribution in [-0.2, 0) is 16.1 Å². The Labute approximate surface area is 104 Å². The van der Waals surface area contributed by atoms with Crippen molar-refractivity contribution in [2.24, 2.45) is 5.73 Å². The lowest BCUT2D eigenvalue weighted by molar-refractivity contribution is -0.122. The Morgan fingerprint density at radius 1 is 1.33 bits per heavy atom. The zero-order valence-electron chi connectivity index (χ0n) is 9.89. The summed E-state index contributed by atoms with van der Waals surface area (Å²) in [7, 11) is 0. The second kappa shape index (κ2) is 6.43. The standard InChI is InChI=1S/C11H16N4O3/c12-8-3-4-11(18)15(6-8)7-10(17)14-5-1-2-9(13)16/h3-4,6H,1-2,5,7,12H2,(H2,13,16)(H,14,17). The Hall–Kier alpha value is -2.31. The van der Waals surface area contributed by atoms with Crippen molar-refractivity contribution in [1.82, 2.24) is 9.88 Å². The lowest BCUT2D eigenvalue weighted by Crippen LogP contribution is -2.32. The fourth-order valence-electron chi connectivity index (χ4n) is 1.37. The summed E-state index contributed by atoms with van der Waals surface area (Å²) >= 11 is 0. The molecule has 0 saturated heterocycles. The van der Waals surface area contributed by atoms with Gasteiger partial charge < -0.3 is 21.4 Å². The Morgan fingerprint density at radius 2 is 2.06 bits per heavy atom. The normalized spacial score (nSPS) is 10.0. The minimum absolute atomic E-state index is 0.0968. The number of rotatable bonds is 6. The number of carbonyl (C=O) groups is 2. The zero-order chi connectivity index (χ0) is 13.5. The maximum absolute atomic E-state index is 11.5. The van der Waals surface area contributed by atoms with Crippen LogP contribution in [0.5, 0.6) is 0 Å². The summed E-state index contributed by atoms with van der Waals surface area (Å²) in [6.07, 6.45) is 2.11. The number of primary amides is 1. The summed E-state index contributed by atoms with van der Waals surface area (Å²) in [5, 5.41) is 2.59. The Morgan fingerprint density at radius 3 is 2.72 bits per heavy atom. The van der Waals surface area contributed by atoms with E-state index in [9.17, 15) is 14.4 Å². The third kappa shape index (κ3) is 4.69. The third-order valence-corrected chi connectivity index (χ3v) is 2.24. The van der Waals surface area contributed by atoms with Crippen molar-refractivity contribution >= 4 is 17.5 Å². The molecule has 0 spiro atoms. The number of nitrogens with one attached hydrogen (secondary N) is 1. The van der Waals surface area contributed by atoms with Crippen LogP contribution in [-0.4, -0.2) is 22.9 Å². The van der Waals surface area contributed by atoms with Gasteiger partial charge in [-0.3, -0.25) is 14.4 Å². The van der Waals surface area contributed by atoms with Gasteiger partial charge in [-0.25, -0.2) is 0 Å². The van der Waals surface area contributed by atoms with Crippen molar-refractivity contribution in [1.29, 1.82) is 0 Å². The van der Waals surface area contributed by atoms with Crippen LogP contribution in [0, 0.1) is 0 Å². The Bertz CT molecular complexity index is 495. The van der Waals surface area contributed by atoms with Crippen LogP contribution in [0.1, 0.15) is 12.8 Å². The molecule has 1 aromatic heterocycles. The molecule has 2 amide bonds. The predicted molar refractivity (Wildman–Crippen MR) is 66.6 cm³/mol. The SMILES string of the molecule is NC(=O)CCCNC(=O)Cn1cc(N)ccc1=O. The Balaban J connectivity index is 2.42. The highest BCUT2D eigenvalue weighted by Crippen LogP contribution is 1.95. The average Bonchev–Trinajstić information content (AvgIpc) is 2.29. The quantitative estimate of drug-likeness (QED) is 0.551. The molecule has 0 atom stereocenters. The fourth-order valence-corrected chi connectivity index (χ4v) is 1.37. The van der Waals surface area contributed by atoms with Gasteiger partial charge >= 0.3 is 0 Å². The van der Waals surface area contributed by atoms with Crippen LogP contribution in [0.25, 0.3) is 0 Å². The van der Waals surface area contributed by atoms with E-state index in [0.717, 1.165) is 0 Å². The number of hydrogen-bond acceptors (Lipinski definition) is 4. The molecule has 5 N–H and O–H groups in total. The van der Waals surface area contributed by atoms with Gasteiger partial charge in [0.2, 0.25) is 11.8 Å². The van der Waals surface area contributed by atoms with Crippen LogP contribution in [0.4, 0.5) is 5.69 Å². The molecule has 1 heterocycles. The molecule has 0 aromatic carbocycles. The maximum Gasteiger partial charge on any atom is 0.251 e. The minimum atomic E-state index is -0.406. The number of nitrogens with two attached hydrogens (primary N) is 2. The van der Waals surface area contributed by atoms with Gasteiger partial charge in [-0.1, -0.05) is 0 Å². The van der Waals surface area contributed by atoms with Crippen molar-refractivity contribution in [2.75, 3.05) is 12.3 Å².